The van der Waals surface area contributed by atoms with Gasteiger partial charge in [-0.25, -0.2) is 9.79 Å². The van der Waals surface area contributed by atoms with Crippen LogP contribution >= 0.6 is 23.4 Å². The van der Waals surface area contributed by atoms with Crippen LogP contribution in [0.2, 0.25) is 5.02 Å². The van der Waals surface area contributed by atoms with E-state index in [1.165, 1.54) is 11.8 Å². The first kappa shape index (κ1) is 25.0. The number of esters is 1. The van der Waals surface area contributed by atoms with E-state index in [1.54, 1.807) is 26.2 Å². The molecule has 1 amide bonds. The summed E-state index contributed by atoms with van der Waals surface area (Å²) in [4.78, 5) is 32.9. The molecule has 0 radical (unpaired) electrons. The lowest BCUT2D eigenvalue weighted by Crippen LogP contribution is -2.38. The molecule has 2 aromatic rings. The topological polar surface area (TPSA) is 80.2 Å². The number of carbonyl (C=O) groups is 2. The first-order valence-corrected chi connectivity index (χ1v) is 12.5. The number of methoxy groups -OCH3 is 1. The van der Waals surface area contributed by atoms with Crippen LogP contribution < -0.4 is 5.32 Å². The Morgan fingerprint density at radius 1 is 1.14 bits per heavy atom. The summed E-state index contributed by atoms with van der Waals surface area (Å²) in [6.07, 6.45) is 0.136. The van der Waals surface area contributed by atoms with Crippen molar-refractivity contribution in [3.63, 3.8) is 0 Å². The third-order valence-corrected chi connectivity index (χ3v) is 6.65. The maximum absolute atomic E-state index is 13.4. The second-order valence-corrected chi connectivity index (χ2v) is 9.09. The van der Waals surface area contributed by atoms with Gasteiger partial charge in [0.2, 0.25) is 5.91 Å². The Morgan fingerprint density at radius 3 is 2.57 bits per heavy atom. The molecular formula is C26H26ClN3O4S. The summed E-state index contributed by atoms with van der Waals surface area (Å²) in [7, 11) is 1.59. The zero-order chi connectivity index (χ0) is 24.8. The zero-order valence-corrected chi connectivity index (χ0v) is 21.1. The van der Waals surface area contributed by atoms with E-state index < -0.39 is 12.0 Å². The number of hydrogen-bond donors (Lipinski definition) is 1. The molecule has 2 aliphatic heterocycles. The van der Waals surface area contributed by atoms with Gasteiger partial charge in [-0.05, 0) is 30.0 Å². The highest BCUT2D eigenvalue weighted by Gasteiger charge is 2.42. The van der Waals surface area contributed by atoms with E-state index in [-0.39, 0.29) is 18.9 Å². The number of hydrogen-bond acceptors (Lipinski definition) is 7. The lowest BCUT2D eigenvalue weighted by Gasteiger charge is -2.36. The van der Waals surface area contributed by atoms with Crippen LogP contribution in [-0.2, 0) is 19.1 Å². The highest BCUT2D eigenvalue weighted by Crippen LogP contribution is 2.47. The Kier molecular flexibility index (Phi) is 8.28. The second-order valence-electron chi connectivity index (χ2n) is 7.81. The van der Waals surface area contributed by atoms with E-state index in [2.05, 4.69) is 5.32 Å². The van der Waals surface area contributed by atoms with Crippen molar-refractivity contribution >= 4 is 46.1 Å². The van der Waals surface area contributed by atoms with E-state index in [0.29, 0.717) is 34.6 Å². The summed E-state index contributed by atoms with van der Waals surface area (Å²) in [5.41, 5.74) is 3.37. The van der Waals surface area contributed by atoms with Gasteiger partial charge in [0.05, 0.1) is 36.9 Å². The summed E-state index contributed by atoms with van der Waals surface area (Å²) in [6.45, 7) is 2.85. The highest BCUT2D eigenvalue weighted by atomic mass is 35.5. The molecule has 0 aliphatic carbocycles. The quantitative estimate of drug-likeness (QED) is 0.386. The van der Waals surface area contributed by atoms with Gasteiger partial charge < -0.3 is 19.7 Å². The molecular weight excluding hydrogens is 486 g/mol. The molecule has 0 saturated carbocycles. The molecule has 0 bridgehead atoms. The van der Waals surface area contributed by atoms with Crippen molar-refractivity contribution in [1.82, 2.24) is 10.2 Å². The number of thioether (sulfide) groups is 1. The number of ether oxygens (including phenoxy) is 2. The van der Waals surface area contributed by atoms with Crippen molar-refractivity contribution in [3.05, 3.63) is 87.4 Å². The average Bonchev–Trinajstić information content (AvgIpc) is 3.26. The zero-order valence-electron chi connectivity index (χ0n) is 19.5. The number of carbonyl (C=O) groups excluding carboxylic acids is 2. The van der Waals surface area contributed by atoms with E-state index in [0.717, 1.165) is 16.8 Å². The van der Waals surface area contributed by atoms with Crippen molar-refractivity contribution in [2.24, 2.45) is 4.99 Å². The van der Waals surface area contributed by atoms with E-state index in [9.17, 15) is 9.59 Å². The van der Waals surface area contributed by atoms with Gasteiger partial charge in [0.25, 0.3) is 0 Å². The van der Waals surface area contributed by atoms with Crippen LogP contribution in [0.1, 0.15) is 30.5 Å². The number of halogens is 1. The fourth-order valence-corrected chi connectivity index (χ4v) is 5.01. The molecule has 0 aromatic heterocycles. The fourth-order valence-electron chi connectivity index (χ4n) is 3.97. The summed E-state index contributed by atoms with van der Waals surface area (Å²) in [6, 6.07) is 16.4. The van der Waals surface area contributed by atoms with Crippen LogP contribution in [0, 0.1) is 0 Å². The van der Waals surface area contributed by atoms with Crippen molar-refractivity contribution in [2.45, 2.75) is 19.4 Å². The molecule has 0 fully saturated rings. The van der Waals surface area contributed by atoms with Crippen LogP contribution in [0.3, 0.4) is 0 Å². The molecule has 2 heterocycles. The standard InChI is InChI=1S/C26H26ClN3O4S/c1-3-34-25(32)22-23(17-7-5-4-6-8-17)29-26-30(24(22)18-9-11-19(27)12-10-18)20(16-35-26)15-21(31)28-13-14-33-2/h4-12,16,24H,3,13-15H2,1-2H3,(H,28,31)/t24-/m0/s1. The van der Waals surface area contributed by atoms with E-state index >= 15 is 0 Å². The number of rotatable bonds is 9. The number of aliphatic imine (C=N–C) groups is 1. The van der Waals surface area contributed by atoms with Gasteiger partial charge in [-0.15, -0.1) is 0 Å². The van der Waals surface area contributed by atoms with Crippen molar-refractivity contribution in [1.29, 1.82) is 0 Å². The second kappa shape index (κ2) is 11.6. The van der Waals surface area contributed by atoms with Crippen LogP contribution in [0.15, 0.2) is 76.3 Å². The minimum absolute atomic E-state index is 0.136. The van der Waals surface area contributed by atoms with Crippen molar-refractivity contribution < 1.29 is 19.1 Å². The maximum Gasteiger partial charge on any atom is 0.338 e. The number of nitrogens with zero attached hydrogens (tertiary/aromatic N) is 2. The van der Waals surface area contributed by atoms with Gasteiger partial charge in [-0.2, -0.15) is 0 Å². The molecule has 1 N–H and O–H groups in total. The Hall–Kier alpha value is -3.07. The van der Waals surface area contributed by atoms with Gasteiger partial charge in [0.1, 0.15) is 0 Å². The molecule has 1 atom stereocenters. The molecule has 182 valence electrons. The van der Waals surface area contributed by atoms with E-state index in [4.69, 9.17) is 26.1 Å². The fraction of sp³-hybridized carbons (Fsp3) is 0.269. The molecule has 7 nitrogen and oxygen atoms in total. The number of nitrogens with one attached hydrogen (secondary N) is 1. The Bertz CT molecular complexity index is 1180. The number of amides is 1. The molecule has 4 rings (SSSR count). The van der Waals surface area contributed by atoms with Crippen LogP contribution in [0.5, 0.6) is 0 Å². The number of benzene rings is 2. The molecule has 0 spiro atoms. The number of amidine groups is 1. The van der Waals surface area contributed by atoms with Crippen LogP contribution in [0.4, 0.5) is 0 Å². The first-order chi connectivity index (χ1) is 17.0. The van der Waals surface area contributed by atoms with Gasteiger partial charge in [0.15, 0.2) is 5.17 Å². The average molecular weight is 512 g/mol. The molecule has 0 unspecified atom stereocenters. The van der Waals surface area contributed by atoms with Gasteiger partial charge in [-0.3, -0.25) is 4.79 Å². The lowest BCUT2D eigenvalue weighted by molar-refractivity contribution is -0.139. The molecule has 2 aromatic carbocycles. The summed E-state index contributed by atoms with van der Waals surface area (Å²) < 4.78 is 10.5. The largest absolute Gasteiger partial charge is 0.463 e. The molecule has 9 heteroatoms. The molecule has 0 saturated heterocycles. The predicted molar refractivity (Wildman–Crippen MR) is 139 cm³/mol. The normalized spacial score (nSPS) is 17.0. The molecule has 35 heavy (non-hydrogen) atoms. The summed E-state index contributed by atoms with van der Waals surface area (Å²) >= 11 is 7.60. The lowest BCUT2D eigenvalue weighted by atomic mass is 9.91. The number of fused-ring (bicyclic) bond motifs is 1. The Balaban J connectivity index is 1.80. The predicted octanol–water partition coefficient (Wildman–Crippen LogP) is 4.77. The van der Waals surface area contributed by atoms with Gasteiger partial charge in [0, 0.05) is 29.9 Å². The van der Waals surface area contributed by atoms with Gasteiger partial charge >= 0.3 is 5.97 Å². The first-order valence-electron chi connectivity index (χ1n) is 11.2. The maximum atomic E-state index is 13.4. The minimum atomic E-state index is -0.540. The third-order valence-electron chi connectivity index (χ3n) is 5.51. The summed E-state index contributed by atoms with van der Waals surface area (Å²) in [5.74, 6) is -0.588. The third kappa shape index (κ3) is 5.61. The SMILES string of the molecule is CCOC(=O)C1=C(c2ccccc2)N=C2SC=C(CC(=O)NCCOC)N2[C@H]1c1ccc(Cl)cc1. The Morgan fingerprint density at radius 2 is 1.89 bits per heavy atom. The van der Waals surface area contributed by atoms with E-state index in [1.807, 2.05) is 52.8 Å². The van der Waals surface area contributed by atoms with Gasteiger partial charge in [-0.1, -0.05) is 65.8 Å². The Labute approximate surface area is 213 Å². The van der Waals surface area contributed by atoms with Crippen LogP contribution in [-0.4, -0.2) is 48.8 Å². The van der Waals surface area contributed by atoms with Crippen LogP contribution in [0.25, 0.3) is 5.70 Å². The highest BCUT2D eigenvalue weighted by molar-refractivity contribution is 8.16. The smallest absolute Gasteiger partial charge is 0.338 e. The monoisotopic (exact) mass is 511 g/mol. The van der Waals surface area contributed by atoms with Crippen molar-refractivity contribution in [3.8, 4) is 0 Å². The molecule has 2 aliphatic rings. The minimum Gasteiger partial charge on any atom is -0.463 e. The van der Waals surface area contributed by atoms with Crippen molar-refractivity contribution in [2.75, 3.05) is 26.9 Å². The summed E-state index contributed by atoms with van der Waals surface area (Å²) in [5, 5.41) is 6.05.